The molecule has 0 saturated heterocycles. The lowest BCUT2D eigenvalue weighted by molar-refractivity contribution is 0.886. The van der Waals surface area contributed by atoms with Crippen LogP contribution in [0.2, 0.25) is 5.02 Å². The van der Waals surface area contributed by atoms with E-state index in [9.17, 15) is 0 Å². The molecule has 0 bridgehead atoms. The van der Waals surface area contributed by atoms with Gasteiger partial charge in [0.25, 0.3) is 0 Å². The SMILES string of the molecule is Cc1nc(S)nc(C)c1C.Clc1ccc2c(c1)S2. The first kappa shape index (κ1) is 13.7. The third kappa shape index (κ3) is 3.40. The number of hydrogen-bond acceptors (Lipinski definition) is 4. The maximum Gasteiger partial charge on any atom is 0.184 e. The minimum Gasteiger partial charge on any atom is -0.228 e. The van der Waals surface area contributed by atoms with Gasteiger partial charge in [0.15, 0.2) is 5.16 Å². The summed E-state index contributed by atoms with van der Waals surface area (Å²) in [6.07, 6.45) is 0. The van der Waals surface area contributed by atoms with Crippen molar-refractivity contribution in [2.75, 3.05) is 0 Å². The van der Waals surface area contributed by atoms with E-state index in [0.29, 0.717) is 5.16 Å². The lowest BCUT2D eigenvalue weighted by atomic mass is 10.2. The van der Waals surface area contributed by atoms with Crippen LogP contribution >= 0.6 is 36.0 Å². The molecule has 0 amide bonds. The number of benzene rings is 1. The van der Waals surface area contributed by atoms with Gasteiger partial charge in [0, 0.05) is 26.2 Å². The quantitative estimate of drug-likeness (QED) is 0.376. The fourth-order valence-corrected chi connectivity index (χ4v) is 2.56. The molecule has 1 aromatic carbocycles. The maximum absolute atomic E-state index is 5.66. The van der Waals surface area contributed by atoms with E-state index in [4.69, 9.17) is 11.6 Å². The van der Waals surface area contributed by atoms with E-state index < -0.39 is 0 Å². The number of nitrogens with zero attached hydrogens (tertiary/aromatic N) is 2. The summed E-state index contributed by atoms with van der Waals surface area (Å²) in [5, 5.41) is 1.40. The zero-order valence-electron chi connectivity index (χ0n) is 10.4. The summed E-state index contributed by atoms with van der Waals surface area (Å²) in [5.74, 6) is 0. The van der Waals surface area contributed by atoms with Crippen LogP contribution in [0.5, 0.6) is 0 Å². The van der Waals surface area contributed by atoms with Crippen molar-refractivity contribution in [1.82, 2.24) is 9.97 Å². The Hall–Kier alpha value is -0.710. The highest BCUT2D eigenvalue weighted by Gasteiger charge is 2.16. The van der Waals surface area contributed by atoms with E-state index in [2.05, 4.69) is 22.6 Å². The molecule has 1 aliphatic heterocycles. The van der Waals surface area contributed by atoms with Gasteiger partial charge in [-0.3, -0.25) is 0 Å². The molecule has 2 nitrogen and oxygen atoms in total. The molecule has 0 fully saturated rings. The Morgan fingerprint density at radius 2 is 1.67 bits per heavy atom. The standard InChI is InChI=1S/C7H10N2S.C6H3ClS/c1-4-5(2)8-7(10)9-6(4)3;7-4-1-2-5-6(3-4)8-5/h1-3H3,(H,8,9,10);1-3H. The van der Waals surface area contributed by atoms with E-state index in [0.717, 1.165) is 22.0 Å². The van der Waals surface area contributed by atoms with Crippen molar-refractivity contribution in [1.29, 1.82) is 0 Å². The van der Waals surface area contributed by atoms with Gasteiger partial charge in [0.2, 0.25) is 0 Å². The first-order chi connectivity index (χ1) is 8.47. The lowest BCUT2D eigenvalue weighted by Gasteiger charge is -2.01. The monoisotopic (exact) mass is 296 g/mol. The summed E-state index contributed by atoms with van der Waals surface area (Å²) >= 11 is 11.5. The third-order valence-electron chi connectivity index (χ3n) is 2.70. The van der Waals surface area contributed by atoms with Crippen LogP contribution in [0.25, 0.3) is 0 Å². The number of thiol groups is 1. The Morgan fingerprint density at radius 1 is 1.06 bits per heavy atom. The minimum atomic E-state index is 0.556. The number of halogens is 1. The van der Waals surface area contributed by atoms with Gasteiger partial charge in [-0.2, -0.15) is 0 Å². The van der Waals surface area contributed by atoms with Crippen molar-refractivity contribution < 1.29 is 0 Å². The number of aryl methyl sites for hydroxylation is 2. The average Bonchev–Trinajstić information content (AvgIpc) is 3.04. The molecular formula is C13H13ClN2S2. The van der Waals surface area contributed by atoms with E-state index in [1.807, 2.05) is 39.0 Å². The molecule has 5 heteroatoms. The van der Waals surface area contributed by atoms with Crippen molar-refractivity contribution in [2.45, 2.75) is 35.7 Å². The van der Waals surface area contributed by atoms with Crippen LogP contribution in [-0.2, 0) is 0 Å². The number of hydrogen-bond donors (Lipinski definition) is 1. The number of rotatable bonds is 0. The van der Waals surface area contributed by atoms with Crippen LogP contribution in [0.4, 0.5) is 0 Å². The van der Waals surface area contributed by atoms with E-state index >= 15 is 0 Å². The Bertz CT molecular complexity index is 576. The maximum atomic E-state index is 5.66. The van der Waals surface area contributed by atoms with Gasteiger partial charge >= 0.3 is 0 Å². The number of fused-ring (bicyclic) bond motifs is 1. The Kier molecular flexibility index (Phi) is 4.20. The zero-order chi connectivity index (χ0) is 13.3. The Balaban J connectivity index is 0.000000136. The average molecular weight is 297 g/mol. The molecule has 2 aromatic rings. The first-order valence-electron chi connectivity index (χ1n) is 5.45. The molecule has 94 valence electrons. The van der Waals surface area contributed by atoms with Crippen LogP contribution in [0.1, 0.15) is 17.0 Å². The molecule has 2 heterocycles. The third-order valence-corrected chi connectivity index (χ3v) is 4.07. The predicted octanol–water partition coefficient (Wildman–Crippen LogP) is 4.50. The van der Waals surface area contributed by atoms with Crippen molar-refractivity contribution in [3.8, 4) is 0 Å². The topological polar surface area (TPSA) is 25.8 Å². The first-order valence-corrected chi connectivity index (χ1v) is 7.09. The smallest absolute Gasteiger partial charge is 0.184 e. The molecule has 1 aliphatic rings. The second-order valence-corrected chi connectivity index (χ2v) is 5.93. The Labute approximate surface area is 122 Å². The van der Waals surface area contributed by atoms with E-state index in [1.165, 1.54) is 9.79 Å². The lowest BCUT2D eigenvalue weighted by Crippen LogP contribution is -1.95. The molecule has 0 atom stereocenters. The minimum absolute atomic E-state index is 0.556. The molecule has 0 spiro atoms. The fourth-order valence-electron chi connectivity index (χ4n) is 1.39. The van der Waals surface area contributed by atoms with Gasteiger partial charge in [-0.15, -0.1) is 12.6 Å². The zero-order valence-corrected chi connectivity index (χ0v) is 12.8. The van der Waals surface area contributed by atoms with Gasteiger partial charge in [0.1, 0.15) is 0 Å². The molecule has 1 aromatic heterocycles. The van der Waals surface area contributed by atoms with Crippen molar-refractivity contribution in [2.24, 2.45) is 0 Å². The summed E-state index contributed by atoms with van der Waals surface area (Å²) in [4.78, 5) is 10.9. The highest BCUT2D eigenvalue weighted by atomic mass is 35.5. The van der Waals surface area contributed by atoms with E-state index in [1.54, 1.807) is 11.8 Å². The summed E-state index contributed by atoms with van der Waals surface area (Å²) in [6.45, 7) is 5.94. The predicted molar refractivity (Wildman–Crippen MR) is 79.1 cm³/mol. The molecule has 0 saturated carbocycles. The van der Waals surface area contributed by atoms with Crippen LogP contribution in [-0.4, -0.2) is 9.97 Å². The van der Waals surface area contributed by atoms with Crippen molar-refractivity contribution in [3.05, 3.63) is 40.2 Å². The molecule has 0 radical (unpaired) electrons. The molecule has 18 heavy (non-hydrogen) atoms. The molecule has 3 rings (SSSR count). The number of aromatic nitrogens is 2. The van der Waals surface area contributed by atoms with Gasteiger partial charge in [-0.05, 0) is 44.5 Å². The molecule has 0 N–H and O–H groups in total. The molecule has 0 aliphatic carbocycles. The van der Waals surface area contributed by atoms with Crippen LogP contribution in [0.3, 0.4) is 0 Å². The van der Waals surface area contributed by atoms with Crippen LogP contribution < -0.4 is 0 Å². The second kappa shape index (κ2) is 5.51. The highest BCUT2D eigenvalue weighted by Crippen LogP contribution is 2.48. The van der Waals surface area contributed by atoms with Gasteiger partial charge in [-0.25, -0.2) is 9.97 Å². The molecular weight excluding hydrogens is 284 g/mol. The van der Waals surface area contributed by atoms with Crippen LogP contribution in [0, 0.1) is 20.8 Å². The van der Waals surface area contributed by atoms with E-state index in [-0.39, 0.29) is 0 Å². The van der Waals surface area contributed by atoms with Crippen molar-refractivity contribution in [3.63, 3.8) is 0 Å². The van der Waals surface area contributed by atoms with Crippen LogP contribution in [0.15, 0.2) is 33.1 Å². The van der Waals surface area contributed by atoms with Gasteiger partial charge < -0.3 is 0 Å². The summed E-state index contributed by atoms with van der Waals surface area (Å²) < 4.78 is 0. The second-order valence-electron chi connectivity index (χ2n) is 4.01. The normalized spacial score (nSPS) is 11.4. The fraction of sp³-hybridized carbons (Fsp3) is 0.231. The summed E-state index contributed by atoms with van der Waals surface area (Å²) in [5.41, 5.74) is 3.17. The Morgan fingerprint density at radius 3 is 2.17 bits per heavy atom. The van der Waals surface area contributed by atoms with Gasteiger partial charge in [0.05, 0.1) is 0 Å². The highest BCUT2D eigenvalue weighted by molar-refractivity contribution is 8.05. The van der Waals surface area contributed by atoms with Crippen molar-refractivity contribution >= 4 is 36.0 Å². The van der Waals surface area contributed by atoms with Gasteiger partial charge in [-0.1, -0.05) is 23.4 Å². The molecule has 0 unspecified atom stereocenters. The largest absolute Gasteiger partial charge is 0.228 e. The summed E-state index contributed by atoms with van der Waals surface area (Å²) in [7, 11) is 0. The summed E-state index contributed by atoms with van der Waals surface area (Å²) in [6, 6.07) is 5.95.